The Kier molecular flexibility index (Phi) is 3.96. The lowest BCUT2D eigenvalue weighted by Crippen LogP contribution is -2.20. The number of benzene rings is 1. The lowest BCUT2D eigenvalue weighted by Gasteiger charge is -2.08. The van der Waals surface area contributed by atoms with Gasteiger partial charge in [-0.25, -0.2) is 13.1 Å². The van der Waals surface area contributed by atoms with Crippen molar-refractivity contribution in [2.45, 2.75) is 5.75 Å². The van der Waals surface area contributed by atoms with E-state index in [0.717, 1.165) is 0 Å². The van der Waals surface area contributed by atoms with E-state index in [0.29, 0.717) is 16.3 Å². The Morgan fingerprint density at radius 2 is 2.13 bits per heavy atom. The maximum absolute atomic E-state index is 11.3. The summed E-state index contributed by atoms with van der Waals surface area (Å²) in [4.78, 5) is 0. The Morgan fingerprint density at radius 1 is 1.47 bits per heavy atom. The molecule has 0 fully saturated rings. The average molecular weight is 250 g/mol. The predicted molar refractivity (Wildman–Crippen MR) is 59.7 cm³/mol. The van der Waals surface area contributed by atoms with Gasteiger partial charge in [0.1, 0.15) is 5.75 Å². The molecule has 0 saturated carbocycles. The molecule has 84 valence electrons. The fourth-order valence-corrected chi connectivity index (χ4v) is 2.11. The highest BCUT2D eigenvalue weighted by Crippen LogP contribution is 2.24. The van der Waals surface area contributed by atoms with Gasteiger partial charge in [-0.05, 0) is 25.2 Å². The number of ether oxygens (including phenoxy) is 1. The van der Waals surface area contributed by atoms with Gasteiger partial charge in [0, 0.05) is 10.6 Å². The quantitative estimate of drug-likeness (QED) is 0.878. The smallest absolute Gasteiger partial charge is 0.215 e. The zero-order valence-electron chi connectivity index (χ0n) is 8.45. The fraction of sp³-hybridized carbons (Fsp3) is 0.333. The largest absolute Gasteiger partial charge is 0.496 e. The molecule has 15 heavy (non-hydrogen) atoms. The van der Waals surface area contributed by atoms with Crippen molar-refractivity contribution >= 4 is 21.6 Å². The van der Waals surface area contributed by atoms with Gasteiger partial charge in [0.05, 0.1) is 12.9 Å². The molecule has 0 amide bonds. The summed E-state index contributed by atoms with van der Waals surface area (Å²) in [7, 11) is -0.458. The van der Waals surface area contributed by atoms with Crippen molar-refractivity contribution in [1.82, 2.24) is 4.72 Å². The summed E-state index contributed by atoms with van der Waals surface area (Å²) < 4.78 is 30.0. The number of methoxy groups -OCH3 is 1. The normalized spacial score (nSPS) is 11.4. The summed E-state index contributed by atoms with van der Waals surface area (Å²) in [5, 5.41) is 0.483. The Labute approximate surface area is 94.3 Å². The molecule has 0 aliphatic carbocycles. The van der Waals surface area contributed by atoms with Crippen molar-refractivity contribution in [1.29, 1.82) is 0 Å². The van der Waals surface area contributed by atoms with Gasteiger partial charge >= 0.3 is 0 Å². The van der Waals surface area contributed by atoms with Gasteiger partial charge in [0.15, 0.2) is 0 Å². The standard InChI is InChI=1S/C9H12ClNO3S/c1-11-15(12,13)6-7-5-8(10)3-4-9(7)14-2/h3-5,11H,6H2,1-2H3. The number of sulfonamides is 1. The lowest BCUT2D eigenvalue weighted by atomic mass is 10.2. The van der Waals surface area contributed by atoms with Crippen LogP contribution in [0.4, 0.5) is 0 Å². The van der Waals surface area contributed by atoms with E-state index in [1.807, 2.05) is 0 Å². The maximum atomic E-state index is 11.3. The zero-order valence-corrected chi connectivity index (χ0v) is 10.0. The van der Waals surface area contributed by atoms with Gasteiger partial charge < -0.3 is 4.74 Å². The molecule has 0 radical (unpaired) electrons. The summed E-state index contributed by atoms with van der Waals surface area (Å²) in [6.45, 7) is 0. The van der Waals surface area contributed by atoms with E-state index >= 15 is 0 Å². The van der Waals surface area contributed by atoms with Crippen LogP contribution in [0.3, 0.4) is 0 Å². The number of nitrogens with one attached hydrogen (secondary N) is 1. The molecule has 4 nitrogen and oxygen atoms in total. The third kappa shape index (κ3) is 3.37. The maximum Gasteiger partial charge on any atom is 0.215 e. The van der Waals surface area contributed by atoms with Crippen molar-refractivity contribution in [2.75, 3.05) is 14.2 Å². The third-order valence-corrected chi connectivity index (χ3v) is 3.45. The van der Waals surface area contributed by atoms with Crippen molar-refractivity contribution in [2.24, 2.45) is 0 Å². The van der Waals surface area contributed by atoms with Gasteiger partial charge in [-0.2, -0.15) is 0 Å². The molecular weight excluding hydrogens is 238 g/mol. The van der Waals surface area contributed by atoms with Crippen LogP contribution in [-0.2, 0) is 15.8 Å². The first-order valence-corrected chi connectivity index (χ1v) is 6.25. The Bertz CT molecular complexity index is 445. The molecule has 0 spiro atoms. The topological polar surface area (TPSA) is 55.4 Å². The van der Waals surface area contributed by atoms with Crippen LogP contribution in [0.15, 0.2) is 18.2 Å². The zero-order chi connectivity index (χ0) is 11.5. The molecule has 1 N–H and O–H groups in total. The Balaban J connectivity index is 3.08. The second-order valence-corrected chi connectivity index (χ2v) is 5.28. The number of hydrogen-bond acceptors (Lipinski definition) is 3. The van der Waals surface area contributed by atoms with Crippen LogP contribution in [0.5, 0.6) is 5.75 Å². The minimum absolute atomic E-state index is 0.146. The van der Waals surface area contributed by atoms with Gasteiger partial charge in [0.2, 0.25) is 10.0 Å². The molecule has 0 heterocycles. The SMILES string of the molecule is CNS(=O)(=O)Cc1cc(Cl)ccc1OC. The molecule has 0 aliphatic rings. The Morgan fingerprint density at radius 3 is 2.67 bits per heavy atom. The minimum Gasteiger partial charge on any atom is -0.496 e. The van der Waals surface area contributed by atoms with E-state index < -0.39 is 10.0 Å². The molecule has 6 heteroatoms. The van der Waals surface area contributed by atoms with Crippen LogP contribution in [-0.4, -0.2) is 22.6 Å². The highest BCUT2D eigenvalue weighted by atomic mass is 35.5. The summed E-state index contributed by atoms with van der Waals surface area (Å²) in [5.74, 6) is 0.367. The fourth-order valence-electron chi connectivity index (χ4n) is 1.14. The van der Waals surface area contributed by atoms with Crippen LogP contribution < -0.4 is 9.46 Å². The number of rotatable bonds is 4. The average Bonchev–Trinajstić information content (AvgIpc) is 2.18. The summed E-state index contributed by atoms with van der Waals surface area (Å²) in [6.07, 6.45) is 0. The van der Waals surface area contributed by atoms with Crippen LogP contribution in [0.1, 0.15) is 5.56 Å². The second kappa shape index (κ2) is 4.83. The van der Waals surface area contributed by atoms with Crippen LogP contribution in [0.25, 0.3) is 0 Å². The first-order valence-electron chi connectivity index (χ1n) is 4.22. The second-order valence-electron chi connectivity index (χ2n) is 2.92. The molecule has 0 saturated heterocycles. The first kappa shape index (κ1) is 12.3. The van der Waals surface area contributed by atoms with Gasteiger partial charge in [-0.1, -0.05) is 11.6 Å². The first-order chi connectivity index (χ1) is 6.98. The highest BCUT2D eigenvalue weighted by Gasteiger charge is 2.13. The molecule has 1 aromatic carbocycles. The monoisotopic (exact) mass is 249 g/mol. The van der Waals surface area contributed by atoms with Crippen LogP contribution in [0.2, 0.25) is 5.02 Å². The summed E-state index contributed by atoms with van der Waals surface area (Å²) in [6, 6.07) is 4.87. The van der Waals surface area contributed by atoms with Gasteiger partial charge in [-0.3, -0.25) is 0 Å². The van der Waals surface area contributed by atoms with Crippen molar-refractivity contribution < 1.29 is 13.2 Å². The van der Waals surface area contributed by atoms with Crippen LogP contribution in [0, 0.1) is 0 Å². The molecule has 1 aromatic rings. The summed E-state index contributed by atoms with van der Waals surface area (Å²) in [5.41, 5.74) is 0.541. The third-order valence-electron chi connectivity index (χ3n) is 1.90. The molecule has 1 rings (SSSR count). The van der Waals surface area contributed by atoms with E-state index in [1.165, 1.54) is 14.2 Å². The van der Waals surface area contributed by atoms with Gasteiger partial charge in [-0.15, -0.1) is 0 Å². The molecular formula is C9H12ClNO3S. The predicted octanol–water partition coefficient (Wildman–Crippen LogP) is 1.40. The van der Waals surface area contributed by atoms with Crippen molar-refractivity contribution in [3.8, 4) is 5.75 Å². The van der Waals surface area contributed by atoms with E-state index in [4.69, 9.17) is 16.3 Å². The molecule has 0 aromatic heterocycles. The molecule has 0 atom stereocenters. The summed E-state index contributed by atoms with van der Waals surface area (Å²) >= 11 is 5.78. The number of halogens is 1. The van der Waals surface area contributed by atoms with Gasteiger partial charge in [0.25, 0.3) is 0 Å². The van der Waals surface area contributed by atoms with E-state index in [1.54, 1.807) is 18.2 Å². The van der Waals surface area contributed by atoms with E-state index in [9.17, 15) is 8.42 Å². The molecule has 0 aliphatic heterocycles. The lowest BCUT2D eigenvalue weighted by molar-refractivity contribution is 0.411. The van der Waals surface area contributed by atoms with Crippen LogP contribution >= 0.6 is 11.6 Å². The van der Waals surface area contributed by atoms with Crippen molar-refractivity contribution in [3.63, 3.8) is 0 Å². The van der Waals surface area contributed by atoms with E-state index in [2.05, 4.69) is 4.72 Å². The number of hydrogen-bond donors (Lipinski definition) is 1. The molecule has 0 unspecified atom stereocenters. The minimum atomic E-state index is -3.31. The Hall–Kier alpha value is -0.780. The van der Waals surface area contributed by atoms with E-state index in [-0.39, 0.29) is 5.75 Å². The van der Waals surface area contributed by atoms with Crippen molar-refractivity contribution in [3.05, 3.63) is 28.8 Å². The molecule has 0 bridgehead atoms. The highest BCUT2D eigenvalue weighted by molar-refractivity contribution is 7.88.